The van der Waals surface area contributed by atoms with E-state index in [0.717, 1.165) is 55.4 Å². The van der Waals surface area contributed by atoms with Gasteiger partial charge in [-0.1, -0.05) is 0 Å². The number of nitrogens with one attached hydrogen (secondary N) is 1. The van der Waals surface area contributed by atoms with Crippen molar-refractivity contribution >= 4 is 5.95 Å². The van der Waals surface area contributed by atoms with Crippen LogP contribution in [0.4, 0.5) is 5.95 Å². The van der Waals surface area contributed by atoms with Gasteiger partial charge < -0.3 is 10.2 Å². The van der Waals surface area contributed by atoms with Crippen LogP contribution in [0.25, 0.3) is 0 Å². The molecule has 0 radical (unpaired) electrons. The molecular weight excluding hydrogens is 200 g/mol. The molecule has 2 fully saturated rings. The zero-order chi connectivity index (χ0) is 11.1. The fraction of sp³-hybridized carbons (Fsp3) is 0.667. The first-order chi connectivity index (χ1) is 7.72. The average Bonchev–Trinajstić information content (AvgIpc) is 2.74. The molecule has 3 rings (SSSR count). The van der Waals surface area contributed by atoms with Gasteiger partial charge in [-0.3, -0.25) is 0 Å². The molecule has 2 aliphatic heterocycles. The number of hydrogen-bond acceptors (Lipinski definition) is 4. The quantitative estimate of drug-likeness (QED) is 0.755. The van der Waals surface area contributed by atoms with Gasteiger partial charge in [-0.2, -0.15) is 0 Å². The topological polar surface area (TPSA) is 41.1 Å². The molecule has 1 N–H and O–H groups in total. The van der Waals surface area contributed by atoms with Gasteiger partial charge in [-0.05, 0) is 31.7 Å². The molecule has 0 bridgehead atoms. The summed E-state index contributed by atoms with van der Waals surface area (Å²) in [6.07, 6.45) is 0. The standard InChI is InChI=1S/C12H18N4/c1-8-3-9(2)15-12(14-8)16-6-10-4-13-5-11(10)7-16/h3,10-11,13H,4-7H2,1-2H3/t10-,11?/m0/s1. The first-order valence-electron chi connectivity index (χ1n) is 6.00. The molecule has 2 saturated heterocycles. The summed E-state index contributed by atoms with van der Waals surface area (Å²) >= 11 is 0. The van der Waals surface area contributed by atoms with Crippen LogP contribution in [0, 0.1) is 25.7 Å². The highest BCUT2D eigenvalue weighted by molar-refractivity contribution is 5.34. The minimum atomic E-state index is 0.796. The zero-order valence-corrected chi connectivity index (χ0v) is 9.90. The predicted octanol–water partition coefficient (Wildman–Crippen LogP) is 0.749. The molecule has 0 aromatic carbocycles. The van der Waals surface area contributed by atoms with E-state index in [1.54, 1.807) is 0 Å². The molecule has 0 aliphatic carbocycles. The summed E-state index contributed by atoms with van der Waals surface area (Å²) in [7, 11) is 0. The van der Waals surface area contributed by atoms with Crippen LogP contribution in [-0.4, -0.2) is 36.1 Å². The Bertz CT molecular complexity index is 372. The predicted molar refractivity (Wildman–Crippen MR) is 63.6 cm³/mol. The van der Waals surface area contributed by atoms with Crippen LogP contribution in [0.1, 0.15) is 11.4 Å². The third kappa shape index (κ3) is 1.67. The maximum absolute atomic E-state index is 4.54. The van der Waals surface area contributed by atoms with Gasteiger partial charge in [0.2, 0.25) is 5.95 Å². The molecule has 0 amide bonds. The molecule has 1 aromatic rings. The van der Waals surface area contributed by atoms with Crippen LogP contribution in [0.3, 0.4) is 0 Å². The Hall–Kier alpha value is -1.16. The molecule has 4 heteroatoms. The number of anilines is 1. The van der Waals surface area contributed by atoms with Gasteiger partial charge in [-0.15, -0.1) is 0 Å². The van der Waals surface area contributed by atoms with E-state index >= 15 is 0 Å². The molecule has 4 nitrogen and oxygen atoms in total. The Labute approximate surface area is 96.1 Å². The van der Waals surface area contributed by atoms with Crippen molar-refractivity contribution in [2.75, 3.05) is 31.1 Å². The lowest BCUT2D eigenvalue weighted by Crippen LogP contribution is -2.27. The van der Waals surface area contributed by atoms with E-state index < -0.39 is 0 Å². The number of hydrogen-bond donors (Lipinski definition) is 1. The lowest BCUT2D eigenvalue weighted by atomic mass is 10.0. The van der Waals surface area contributed by atoms with Crippen molar-refractivity contribution in [2.45, 2.75) is 13.8 Å². The molecule has 86 valence electrons. The Kier molecular flexibility index (Phi) is 2.32. The van der Waals surface area contributed by atoms with Crippen molar-refractivity contribution in [1.29, 1.82) is 0 Å². The maximum atomic E-state index is 4.54. The molecule has 1 aromatic heterocycles. The summed E-state index contributed by atoms with van der Waals surface area (Å²) in [5, 5.41) is 3.45. The van der Waals surface area contributed by atoms with Gasteiger partial charge in [0.05, 0.1) is 0 Å². The van der Waals surface area contributed by atoms with E-state index in [-0.39, 0.29) is 0 Å². The lowest BCUT2D eigenvalue weighted by Gasteiger charge is -2.18. The number of aromatic nitrogens is 2. The highest BCUT2D eigenvalue weighted by Crippen LogP contribution is 2.28. The molecule has 3 heterocycles. The van der Waals surface area contributed by atoms with Crippen LogP contribution >= 0.6 is 0 Å². The van der Waals surface area contributed by atoms with Crippen molar-refractivity contribution in [3.05, 3.63) is 17.5 Å². The van der Waals surface area contributed by atoms with Gasteiger partial charge in [0.1, 0.15) is 0 Å². The van der Waals surface area contributed by atoms with Gasteiger partial charge in [0, 0.05) is 37.6 Å². The molecule has 1 unspecified atom stereocenters. The van der Waals surface area contributed by atoms with Crippen LogP contribution in [0.15, 0.2) is 6.07 Å². The number of nitrogens with zero attached hydrogens (tertiary/aromatic N) is 3. The molecule has 0 spiro atoms. The van der Waals surface area contributed by atoms with Crippen molar-refractivity contribution in [2.24, 2.45) is 11.8 Å². The van der Waals surface area contributed by atoms with Crippen molar-refractivity contribution in [1.82, 2.24) is 15.3 Å². The van der Waals surface area contributed by atoms with Crippen molar-refractivity contribution in [3.8, 4) is 0 Å². The Balaban J connectivity index is 1.83. The first kappa shape index (κ1) is 10.0. The van der Waals surface area contributed by atoms with Crippen LogP contribution in [0.5, 0.6) is 0 Å². The van der Waals surface area contributed by atoms with E-state index in [9.17, 15) is 0 Å². The lowest BCUT2D eigenvalue weighted by molar-refractivity contribution is 0.533. The van der Waals surface area contributed by atoms with Crippen molar-refractivity contribution < 1.29 is 0 Å². The Morgan fingerprint density at radius 2 is 1.69 bits per heavy atom. The Morgan fingerprint density at radius 1 is 1.12 bits per heavy atom. The minimum absolute atomic E-state index is 0.796. The second-order valence-electron chi connectivity index (χ2n) is 5.03. The average molecular weight is 218 g/mol. The second kappa shape index (κ2) is 3.70. The van der Waals surface area contributed by atoms with Gasteiger partial charge in [0.15, 0.2) is 0 Å². The minimum Gasteiger partial charge on any atom is -0.340 e. The van der Waals surface area contributed by atoms with Gasteiger partial charge in [-0.25, -0.2) is 9.97 Å². The molecule has 16 heavy (non-hydrogen) atoms. The molecule has 2 atom stereocenters. The second-order valence-corrected chi connectivity index (χ2v) is 5.03. The summed E-state index contributed by atoms with van der Waals surface area (Å²) in [6.45, 7) is 8.62. The molecular formula is C12H18N4. The van der Waals surface area contributed by atoms with E-state index in [0.29, 0.717) is 0 Å². The van der Waals surface area contributed by atoms with E-state index in [1.165, 1.54) is 0 Å². The highest BCUT2D eigenvalue weighted by atomic mass is 15.3. The van der Waals surface area contributed by atoms with Crippen LogP contribution in [-0.2, 0) is 0 Å². The summed E-state index contributed by atoms with van der Waals surface area (Å²) in [5.74, 6) is 2.51. The monoisotopic (exact) mass is 218 g/mol. The summed E-state index contributed by atoms with van der Waals surface area (Å²) in [4.78, 5) is 11.4. The van der Waals surface area contributed by atoms with Crippen molar-refractivity contribution in [3.63, 3.8) is 0 Å². The summed E-state index contributed by atoms with van der Waals surface area (Å²) < 4.78 is 0. The molecule has 0 saturated carbocycles. The fourth-order valence-electron chi connectivity index (χ4n) is 2.87. The normalized spacial score (nSPS) is 28.5. The largest absolute Gasteiger partial charge is 0.340 e. The number of aryl methyl sites for hydroxylation is 2. The van der Waals surface area contributed by atoms with E-state index in [1.807, 2.05) is 19.9 Å². The van der Waals surface area contributed by atoms with E-state index in [2.05, 4.69) is 20.2 Å². The maximum Gasteiger partial charge on any atom is 0.225 e. The smallest absolute Gasteiger partial charge is 0.225 e. The zero-order valence-electron chi connectivity index (χ0n) is 9.90. The fourth-order valence-corrected chi connectivity index (χ4v) is 2.87. The highest BCUT2D eigenvalue weighted by Gasteiger charge is 2.37. The third-order valence-electron chi connectivity index (χ3n) is 3.64. The SMILES string of the molecule is Cc1cc(C)nc(N2CC3CNC[C@H]3C2)n1. The van der Waals surface area contributed by atoms with Crippen LogP contribution in [0.2, 0.25) is 0 Å². The Morgan fingerprint density at radius 3 is 2.25 bits per heavy atom. The third-order valence-corrected chi connectivity index (χ3v) is 3.64. The van der Waals surface area contributed by atoms with Gasteiger partial charge >= 0.3 is 0 Å². The molecule has 2 aliphatic rings. The first-order valence-corrected chi connectivity index (χ1v) is 6.00. The summed E-state index contributed by atoms with van der Waals surface area (Å²) in [6, 6.07) is 2.03. The van der Waals surface area contributed by atoms with Crippen LogP contribution < -0.4 is 10.2 Å². The van der Waals surface area contributed by atoms with Gasteiger partial charge in [0.25, 0.3) is 0 Å². The van der Waals surface area contributed by atoms with E-state index in [4.69, 9.17) is 0 Å². The number of fused-ring (bicyclic) bond motifs is 1. The summed E-state index contributed by atoms with van der Waals surface area (Å²) in [5.41, 5.74) is 2.13. The number of rotatable bonds is 1.